The Morgan fingerprint density at radius 2 is 1.96 bits per heavy atom. The fraction of sp³-hybridized carbons (Fsp3) is 0.625. The molecule has 2 fully saturated rings. The van der Waals surface area contributed by atoms with Crippen molar-refractivity contribution in [1.29, 1.82) is 0 Å². The quantitative estimate of drug-likeness (QED) is 0.297. The average molecular weight is 432 g/mol. The fourth-order valence-corrected chi connectivity index (χ4v) is 4.73. The molecular weight excluding hydrogens is 410 g/mol. The molecule has 0 aliphatic carbocycles. The summed E-state index contributed by atoms with van der Waals surface area (Å²) in [5.74, 6) is 0.928. The Labute approximate surface area is 171 Å². The first kappa shape index (κ1) is 19.6. The zero-order chi connectivity index (χ0) is 18.6. The number of ether oxygens (including phenoxy) is 1. The lowest BCUT2D eigenvalue weighted by atomic mass is 10.3. The van der Waals surface area contributed by atoms with E-state index in [1.165, 1.54) is 16.9 Å². The molecule has 0 atom stereocenters. The third-order valence-electron chi connectivity index (χ3n) is 4.60. The van der Waals surface area contributed by atoms with Gasteiger partial charge in [0, 0.05) is 69.0 Å². The van der Waals surface area contributed by atoms with Crippen molar-refractivity contribution in [2.45, 2.75) is 6.54 Å². The van der Waals surface area contributed by atoms with Crippen molar-refractivity contribution in [3.05, 3.63) is 16.2 Å². The number of halogens is 1. The number of hydrogen-bond acceptors (Lipinski definition) is 10. The smallest absolute Gasteiger partial charge is 0.224 e. The number of rotatable bonds is 6. The van der Waals surface area contributed by atoms with Gasteiger partial charge in [-0.05, 0) is 17.7 Å². The first-order valence-corrected chi connectivity index (χ1v) is 11.2. The Morgan fingerprint density at radius 3 is 2.70 bits per heavy atom. The molecule has 148 valence electrons. The maximum Gasteiger partial charge on any atom is 0.224 e. The lowest BCUT2D eigenvalue weighted by Gasteiger charge is -2.32. The Morgan fingerprint density at radius 1 is 1.19 bits per heavy atom. The van der Waals surface area contributed by atoms with E-state index < -0.39 is 0 Å². The highest BCUT2D eigenvalue weighted by molar-refractivity contribution is 7.93. The topological polar surface area (TPSA) is 63.2 Å². The molecule has 4 rings (SSSR count). The van der Waals surface area contributed by atoms with Crippen molar-refractivity contribution in [3.63, 3.8) is 0 Å². The Bertz CT molecular complexity index is 766. The third kappa shape index (κ3) is 4.83. The van der Waals surface area contributed by atoms with E-state index in [-0.39, 0.29) is 0 Å². The van der Waals surface area contributed by atoms with Crippen molar-refractivity contribution in [2.75, 3.05) is 63.6 Å². The Balaban J connectivity index is 1.46. The number of nitrogens with zero attached hydrogens (tertiary/aromatic N) is 5. The molecule has 0 saturated carbocycles. The fourth-order valence-electron chi connectivity index (χ4n) is 3.26. The summed E-state index contributed by atoms with van der Waals surface area (Å²) in [7, 11) is 0. The van der Waals surface area contributed by atoms with E-state index >= 15 is 0 Å². The number of morpholine rings is 1. The summed E-state index contributed by atoms with van der Waals surface area (Å²) in [6.45, 7) is 7.46. The van der Waals surface area contributed by atoms with E-state index in [4.69, 9.17) is 25.7 Å². The molecule has 0 unspecified atom stereocenters. The summed E-state index contributed by atoms with van der Waals surface area (Å²) in [5, 5.41) is 2.15. The van der Waals surface area contributed by atoms with Crippen molar-refractivity contribution in [1.82, 2.24) is 19.9 Å². The molecule has 0 bridgehead atoms. The molecule has 0 N–H and O–H groups in total. The van der Waals surface area contributed by atoms with Gasteiger partial charge in [0.1, 0.15) is 0 Å². The van der Waals surface area contributed by atoms with Crippen molar-refractivity contribution < 1.29 is 14.1 Å². The van der Waals surface area contributed by atoms with Gasteiger partial charge in [0.15, 0.2) is 5.82 Å². The molecule has 11 heteroatoms. The molecule has 2 aliphatic heterocycles. The van der Waals surface area contributed by atoms with E-state index in [0.717, 1.165) is 61.8 Å². The first-order chi connectivity index (χ1) is 13.2. The maximum atomic E-state index is 6.18. The number of piperazine rings is 1. The van der Waals surface area contributed by atoms with Gasteiger partial charge in [-0.1, -0.05) is 0 Å². The van der Waals surface area contributed by atoms with Crippen LogP contribution in [0.1, 0.15) is 4.88 Å². The average Bonchev–Trinajstić information content (AvgIpc) is 3.09. The highest BCUT2D eigenvalue weighted by Gasteiger charge is 2.22. The second-order valence-corrected chi connectivity index (χ2v) is 8.30. The van der Waals surface area contributed by atoms with E-state index in [9.17, 15) is 0 Å². The van der Waals surface area contributed by atoms with Gasteiger partial charge in [-0.3, -0.25) is 4.90 Å². The van der Waals surface area contributed by atoms with Gasteiger partial charge in [-0.25, -0.2) is 4.98 Å². The summed E-state index contributed by atoms with van der Waals surface area (Å²) in [6.07, 6.45) is 1.83. The predicted octanol–water partition coefficient (Wildman–Crippen LogP) is 2.44. The maximum absolute atomic E-state index is 6.18. The Kier molecular flexibility index (Phi) is 6.66. The number of thiophene rings is 1. The zero-order valence-electron chi connectivity index (χ0n) is 15.1. The molecule has 4 heterocycles. The third-order valence-corrected chi connectivity index (χ3v) is 6.07. The van der Waals surface area contributed by atoms with E-state index in [1.54, 1.807) is 11.3 Å². The molecule has 0 radical (unpaired) electrons. The summed E-state index contributed by atoms with van der Waals surface area (Å²) >= 11 is 9.14. The number of hydroxylamine groups is 2. The summed E-state index contributed by atoms with van der Waals surface area (Å²) in [6, 6.07) is 2.14. The molecule has 2 aliphatic rings. The van der Waals surface area contributed by atoms with Gasteiger partial charge in [0.05, 0.1) is 23.4 Å². The van der Waals surface area contributed by atoms with Crippen LogP contribution in [0, 0.1) is 0 Å². The van der Waals surface area contributed by atoms with Crippen LogP contribution in [0.25, 0.3) is 10.2 Å². The van der Waals surface area contributed by atoms with Crippen LogP contribution >= 0.6 is 35.0 Å². The van der Waals surface area contributed by atoms with Crippen LogP contribution in [0.15, 0.2) is 6.07 Å². The second-order valence-electron chi connectivity index (χ2n) is 6.36. The van der Waals surface area contributed by atoms with Crippen LogP contribution in [0.5, 0.6) is 0 Å². The van der Waals surface area contributed by atoms with E-state index in [2.05, 4.69) is 25.8 Å². The van der Waals surface area contributed by atoms with Crippen molar-refractivity contribution in [3.8, 4) is 0 Å². The van der Waals surface area contributed by atoms with E-state index in [1.807, 2.05) is 11.3 Å². The summed E-state index contributed by atoms with van der Waals surface area (Å²) < 4.78 is 11.5. The lowest BCUT2D eigenvalue weighted by Crippen LogP contribution is -2.45. The minimum absolute atomic E-state index is 0.299. The number of hydrogen-bond donors (Lipinski definition) is 0. The minimum Gasteiger partial charge on any atom is -0.378 e. The molecule has 0 amide bonds. The minimum atomic E-state index is 0.299. The second kappa shape index (κ2) is 9.19. The van der Waals surface area contributed by atoms with Crippen LogP contribution in [0.2, 0.25) is 5.28 Å². The predicted molar refractivity (Wildman–Crippen MR) is 108 cm³/mol. The Hall–Kier alpha value is -0.720. The molecule has 2 aromatic rings. The van der Waals surface area contributed by atoms with Gasteiger partial charge >= 0.3 is 0 Å². The highest BCUT2D eigenvalue weighted by atomic mass is 35.5. The largest absolute Gasteiger partial charge is 0.378 e. The number of fused-ring (bicyclic) bond motifs is 1. The summed E-state index contributed by atoms with van der Waals surface area (Å²) in [5.41, 5.74) is 0.923. The summed E-state index contributed by atoms with van der Waals surface area (Å²) in [4.78, 5) is 20.1. The molecule has 2 saturated heterocycles. The van der Waals surface area contributed by atoms with Crippen molar-refractivity contribution >= 4 is 51.0 Å². The van der Waals surface area contributed by atoms with Gasteiger partial charge in [0.25, 0.3) is 0 Å². The SMILES string of the molecule is CSOON1CCN(Cc2cc3nc(Cl)nc(N4CCOCC4)c3s2)CC1. The van der Waals surface area contributed by atoms with Crippen LogP contribution in [-0.2, 0) is 20.6 Å². The van der Waals surface area contributed by atoms with Gasteiger partial charge < -0.3 is 9.64 Å². The standard InChI is InChI=1S/C16H22ClN5O3S2/c1-26-25-24-22-4-2-20(3-5-22)11-12-10-13-14(27-12)15(19-16(17)18-13)21-6-8-23-9-7-21/h10H,2-9,11H2,1H3. The molecule has 27 heavy (non-hydrogen) atoms. The normalized spacial score (nSPS) is 19.9. The van der Waals surface area contributed by atoms with Crippen LogP contribution < -0.4 is 4.90 Å². The van der Waals surface area contributed by atoms with E-state index in [0.29, 0.717) is 18.5 Å². The molecule has 0 spiro atoms. The molecule has 8 nitrogen and oxygen atoms in total. The van der Waals surface area contributed by atoms with Gasteiger partial charge in [-0.2, -0.15) is 10.0 Å². The van der Waals surface area contributed by atoms with Crippen LogP contribution in [0.4, 0.5) is 5.82 Å². The zero-order valence-corrected chi connectivity index (χ0v) is 17.5. The van der Waals surface area contributed by atoms with Gasteiger partial charge in [0.2, 0.25) is 5.28 Å². The first-order valence-electron chi connectivity index (χ1n) is 8.86. The lowest BCUT2D eigenvalue weighted by molar-refractivity contribution is -0.365. The molecule has 2 aromatic heterocycles. The molecule has 0 aromatic carbocycles. The van der Waals surface area contributed by atoms with Crippen molar-refractivity contribution in [2.24, 2.45) is 0 Å². The van der Waals surface area contributed by atoms with Crippen LogP contribution in [0.3, 0.4) is 0 Å². The molecular formula is C16H22ClN5O3S2. The van der Waals surface area contributed by atoms with Crippen LogP contribution in [-0.4, -0.2) is 78.7 Å². The monoisotopic (exact) mass is 431 g/mol. The van der Waals surface area contributed by atoms with Gasteiger partial charge in [-0.15, -0.1) is 20.7 Å². The number of aromatic nitrogens is 2. The highest BCUT2D eigenvalue weighted by Crippen LogP contribution is 2.34. The number of anilines is 1.